The van der Waals surface area contributed by atoms with Gasteiger partial charge in [-0.25, -0.2) is 4.79 Å². The van der Waals surface area contributed by atoms with Gasteiger partial charge in [-0.2, -0.15) is 0 Å². The molecular weight excluding hydrogens is 182 g/mol. The molecule has 0 aromatic carbocycles. The summed E-state index contributed by atoms with van der Waals surface area (Å²) in [5.41, 5.74) is -0.424. The predicted octanol–water partition coefficient (Wildman–Crippen LogP) is 1.44. The standard InChI is InChI=1S/C10H17NO3/c1-10(2,3)14-9(12)11-6-4-5-7-8(6)13-7/h6-8H,4-5H2,1-3H3,(H,11,12)/t6-,7+,8-/m0/s1. The average molecular weight is 199 g/mol. The summed E-state index contributed by atoms with van der Waals surface area (Å²) in [6.45, 7) is 5.58. The van der Waals surface area contributed by atoms with E-state index in [0.717, 1.165) is 12.8 Å². The number of alkyl carbamates (subject to hydrolysis) is 1. The topological polar surface area (TPSA) is 50.9 Å². The predicted molar refractivity (Wildman–Crippen MR) is 51.1 cm³/mol. The zero-order valence-corrected chi connectivity index (χ0v) is 8.87. The number of amides is 1. The van der Waals surface area contributed by atoms with Crippen molar-refractivity contribution < 1.29 is 14.3 Å². The van der Waals surface area contributed by atoms with Gasteiger partial charge in [0.1, 0.15) is 11.7 Å². The minimum Gasteiger partial charge on any atom is -0.444 e. The number of hydrogen-bond acceptors (Lipinski definition) is 3. The number of ether oxygens (including phenoxy) is 2. The van der Waals surface area contributed by atoms with E-state index >= 15 is 0 Å². The van der Waals surface area contributed by atoms with Crippen LogP contribution in [0, 0.1) is 0 Å². The second-order valence-electron chi connectivity index (χ2n) is 4.97. The van der Waals surface area contributed by atoms with Crippen molar-refractivity contribution in [1.82, 2.24) is 5.32 Å². The van der Waals surface area contributed by atoms with E-state index in [0.29, 0.717) is 6.10 Å². The van der Waals surface area contributed by atoms with Crippen molar-refractivity contribution in [2.45, 2.75) is 57.5 Å². The number of fused-ring (bicyclic) bond motifs is 1. The van der Waals surface area contributed by atoms with Crippen molar-refractivity contribution in [1.29, 1.82) is 0 Å². The summed E-state index contributed by atoms with van der Waals surface area (Å²) in [5, 5.41) is 2.84. The number of carbonyl (C=O) groups excluding carboxylic acids is 1. The smallest absolute Gasteiger partial charge is 0.407 e. The van der Waals surface area contributed by atoms with Gasteiger partial charge in [0.15, 0.2) is 0 Å². The van der Waals surface area contributed by atoms with Crippen LogP contribution in [0.4, 0.5) is 4.79 Å². The summed E-state index contributed by atoms with van der Waals surface area (Å²) in [7, 11) is 0. The molecule has 0 radical (unpaired) electrons. The summed E-state index contributed by atoms with van der Waals surface area (Å²) in [6, 6.07) is 0.162. The highest BCUT2D eigenvalue weighted by atomic mass is 16.6. The molecule has 4 nitrogen and oxygen atoms in total. The van der Waals surface area contributed by atoms with Crippen LogP contribution in [0.1, 0.15) is 33.6 Å². The Morgan fingerprint density at radius 1 is 1.43 bits per heavy atom. The summed E-state index contributed by atoms with van der Waals surface area (Å²) in [5.74, 6) is 0. The Morgan fingerprint density at radius 2 is 2.14 bits per heavy atom. The first-order chi connectivity index (χ1) is 6.46. The Labute approximate surface area is 84.0 Å². The van der Waals surface area contributed by atoms with Crippen LogP contribution in [0.3, 0.4) is 0 Å². The van der Waals surface area contributed by atoms with Crippen LogP contribution in [-0.2, 0) is 9.47 Å². The number of nitrogens with one attached hydrogen (secondary N) is 1. The molecule has 0 unspecified atom stereocenters. The molecule has 0 aromatic heterocycles. The second-order valence-corrected chi connectivity index (χ2v) is 4.97. The van der Waals surface area contributed by atoms with E-state index in [1.54, 1.807) is 0 Å². The van der Waals surface area contributed by atoms with Crippen LogP contribution in [-0.4, -0.2) is 29.9 Å². The third-order valence-corrected chi connectivity index (χ3v) is 2.48. The molecule has 1 heterocycles. The fourth-order valence-electron chi connectivity index (χ4n) is 1.86. The van der Waals surface area contributed by atoms with Gasteiger partial charge in [-0.05, 0) is 33.6 Å². The van der Waals surface area contributed by atoms with E-state index in [2.05, 4.69) is 5.32 Å². The van der Waals surface area contributed by atoms with Crippen LogP contribution in [0.15, 0.2) is 0 Å². The minimum absolute atomic E-state index is 0.162. The third-order valence-electron chi connectivity index (χ3n) is 2.48. The second kappa shape index (κ2) is 3.12. The maximum atomic E-state index is 11.4. The average Bonchev–Trinajstić information content (AvgIpc) is 2.66. The Balaban J connectivity index is 1.77. The van der Waals surface area contributed by atoms with Gasteiger partial charge in [0.25, 0.3) is 0 Å². The summed E-state index contributed by atoms with van der Waals surface area (Å²) >= 11 is 0. The van der Waals surface area contributed by atoms with E-state index in [-0.39, 0.29) is 18.2 Å². The van der Waals surface area contributed by atoms with Gasteiger partial charge < -0.3 is 14.8 Å². The summed E-state index contributed by atoms with van der Waals surface area (Å²) in [6.07, 6.45) is 2.38. The van der Waals surface area contributed by atoms with E-state index in [1.165, 1.54) is 0 Å². The van der Waals surface area contributed by atoms with Gasteiger partial charge >= 0.3 is 6.09 Å². The lowest BCUT2D eigenvalue weighted by molar-refractivity contribution is 0.0491. The quantitative estimate of drug-likeness (QED) is 0.650. The monoisotopic (exact) mass is 199 g/mol. The Kier molecular flexibility index (Phi) is 2.18. The van der Waals surface area contributed by atoms with E-state index in [4.69, 9.17) is 9.47 Å². The lowest BCUT2D eigenvalue weighted by Crippen LogP contribution is -2.40. The van der Waals surface area contributed by atoms with Crippen molar-refractivity contribution in [2.24, 2.45) is 0 Å². The van der Waals surface area contributed by atoms with Crippen molar-refractivity contribution in [3.8, 4) is 0 Å². The highest BCUT2D eigenvalue weighted by Crippen LogP contribution is 2.38. The molecule has 1 aliphatic heterocycles. The largest absolute Gasteiger partial charge is 0.444 e. The number of epoxide rings is 1. The van der Waals surface area contributed by atoms with Crippen molar-refractivity contribution >= 4 is 6.09 Å². The van der Waals surface area contributed by atoms with E-state index in [1.807, 2.05) is 20.8 Å². The van der Waals surface area contributed by atoms with Crippen molar-refractivity contribution in [3.05, 3.63) is 0 Å². The lowest BCUT2D eigenvalue weighted by Gasteiger charge is -2.21. The highest BCUT2D eigenvalue weighted by Gasteiger charge is 2.51. The molecule has 0 spiro atoms. The summed E-state index contributed by atoms with van der Waals surface area (Å²) < 4.78 is 10.5. The zero-order chi connectivity index (χ0) is 10.3. The molecular formula is C10H17NO3. The molecule has 14 heavy (non-hydrogen) atoms. The van der Waals surface area contributed by atoms with Gasteiger partial charge in [0.2, 0.25) is 0 Å². The molecule has 2 rings (SSSR count). The highest BCUT2D eigenvalue weighted by molar-refractivity contribution is 5.68. The van der Waals surface area contributed by atoms with Gasteiger partial charge in [-0.1, -0.05) is 0 Å². The van der Waals surface area contributed by atoms with Gasteiger partial charge in [0, 0.05) is 0 Å². The lowest BCUT2D eigenvalue weighted by atomic mass is 10.2. The molecule has 4 heteroatoms. The fraction of sp³-hybridized carbons (Fsp3) is 0.900. The molecule has 0 aromatic rings. The molecule has 0 bridgehead atoms. The first kappa shape index (κ1) is 9.77. The van der Waals surface area contributed by atoms with Gasteiger partial charge in [0.05, 0.1) is 12.1 Å². The third kappa shape index (κ3) is 2.18. The normalized spacial score (nSPS) is 34.9. The molecule has 80 valence electrons. The molecule has 2 fully saturated rings. The van der Waals surface area contributed by atoms with E-state index < -0.39 is 5.60 Å². The van der Waals surface area contributed by atoms with Gasteiger partial charge in [-0.15, -0.1) is 0 Å². The fourth-order valence-corrected chi connectivity index (χ4v) is 1.86. The molecule has 1 saturated heterocycles. The first-order valence-electron chi connectivity index (χ1n) is 5.11. The Bertz CT molecular complexity index is 246. The molecule has 1 aliphatic carbocycles. The molecule has 1 amide bonds. The molecule has 3 atom stereocenters. The minimum atomic E-state index is -0.424. The number of rotatable bonds is 1. The van der Waals surface area contributed by atoms with Crippen LogP contribution in [0.2, 0.25) is 0 Å². The van der Waals surface area contributed by atoms with Crippen molar-refractivity contribution in [3.63, 3.8) is 0 Å². The molecule has 2 aliphatic rings. The maximum absolute atomic E-state index is 11.4. The van der Waals surface area contributed by atoms with Crippen molar-refractivity contribution in [2.75, 3.05) is 0 Å². The Hall–Kier alpha value is -0.770. The van der Waals surface area contributed by atoms with Crippen LogP contribution in [0.5, 0.6) is 0 Å². The van der Waals surface area contributed by atoms with Crippen LogP contribution in [0.25, 0.3) is 0 Å². The molecule has 1 N–H and O–H groups in total. The zero-order valence-electron chi connectivity index (χ0n) is 8.87. The molecule has 1 saturated carbocycles. The van der Waals surface area contributed by atoms with Crippen LogP contribution < -0.4 is 5.32 Å². The first-order valence-corrected chi connectivity index (χ1v) is 5.11. The van der Waals surface area contributed by atoms with Crippen LogP contribution >= 0.6 is 0 Å². The SMILES string of the molecule is CC(C)(C)OC(=O)N[C@H]1CC[C@H]2O[C@@H]12. The Morgan fingerprint density at radius 3 is 2.57 bits per heavy atom. The number of hydrogen-bond donors (Lipinski definition) is 1. The number of carbonyl (C=O) groups is 1. The summed E-state index contributed by atoms with van der Waals surface area (Å²) in [4.78, 5) is 11.4. The van der Waals surface area contributed by atoms with E-state index in [9.17, 15) is 4.79 Å². The maximum Gasteiger partial charge on any atom is 0.407 e. The van der Waals surface area contributed by atoms with Gasteiger partial charge in [-0.3, -0.25) is 0 Å².